The van der Waals surface area contributed by atoms with E-state index in [0.717, 1.165) is 11.1 Å². The van der Waals surface area contributed by atoms with E-state index in [1.165, 1.54) is 0 Å². The Morgan fingerprint density at radius 2 is 1.43 bits per heavy atom. The van der Waals surface area contributed by atoms with Gasteiger partial charge in [0.2, 0.25) is 0 Å². The van der Waals surface area contributed by atoms with E-state index in [1.54, 1.807) is 27.7 Å². The maximum atomic E-state index is 12.5. The second-order valence-electron chi connectivity index (χ2n) is 8.19. The average Bonchev–Trinajstić information content (AvgIpc) is 2.74. The van der Waals surface area contributed by atoms with E-state index in [2.05, 4.69) is 0 Å². The summed E-state index contributed by atoms with van der Waals surface area (Å²) in [5, 5.41) is 20.4. The molecule has 160 valence electrons. The molecule has 0 unspecified atom stereocenters. The van der Waals surface area contributed by atoms with E-state index < -0.39 is 35.7 Å². The maximum Gasteiger partial charge on any atom is 0.311 e. The van der Waals surface area contributed by atoms with Gasteiger partial charge in [0.25, 0.3) is 0 Å². The largest absolute Gasteiger partial charge is 0.457 e. The highest BCUT2D eigenvalue weighted by molar-refractivity contribution is 6.13. The van der Waals surface area contributed by atoms with Crippen LogP contribution in [0.5, 0.6) is 0 Å². The van der Waals surface area contributed by atoms with E-state index >= 15 is 0 Å². The molecular weight excluding hydrogens is 382 g/mol. The normalized spacial score (nSPS) is 15.4. The number of aliphatic imine (C=N–C) groups is 1. The number of nitrogens with zero attached hydrogens (tertiary/aromatic N) is 1. The lowest BCUT2D eigenvalue weighted by molar-refractivity contribution is -0.171. The van der Waals surface area contributed by atoms with Crippen molar-refractivity contribution in [3.05, 3.63) is 71.8 Å². The molecule has 4 atom stereocenters. The lowest BCUT2D eigenvalue weighted by atomic mass is 9.96. The SMILES string of the molecule is C[C@H](N=C(c1ccccc1)c1ccccc1)[C@@H](OC(=O)C(C)(C)C)[C@@H](O)[C@H](O)C=O. The fourth-order valence-corrected chi connectivity index (χ4v) is 2.81. The molecule has 0 saturated carbocycles. The first kappa shape index (κ1) is 23.4. The van der Waals surface area contributed by atoms with Gasteiger partial charge in [0, 0.05) is 11.1 Å². The first-order valence-electron chi connectivity index (χ1n) is 9.86. The zero-order valence-electron chi connectivity index (χ0n) is 17.7. The Labute approximate surface area is 177 Å². The summed E-state index contributed by atoms with van der Waals surface area (Å²) >= 11 is 0. The molecule has 0 aliphatic heterocycles. The van der Waals surface area contributed by atoms with Crippen LogP contribution < -0.4 is 0 Å². The van der Waals surface area contributed by atoms with Crippen LogP contribution >= 0.6 is 0 Å². The van der Waals surface area contributed by atoms with Gasteiger partial charge in [-0.2, -0.15) is 0 Å². The second-order valence-corrected chi connectivity index (χ2v) is 8.19. The third-order valence-corrected chi connectivity index (χ3v) is 4.58. The number of ether oxygens (including phenoxy) is 1. The Morgan fingerprint density at radius 1 is 0.967 bits per heavy atom. The van der Waals surface area contributed by atoms with E-state index in [4.69, 9.17) is 9.73 Å². The van der Waals surface area contributed by atoms with Crippen molar-refractivity contribution in [2.45, 2.75) is 52.0 Å². The van der Waals surface area contributed by atoms with E-state index in [1.807, 2.05) is 60.7 Å². The summed E-state index contributed by atoms with van der Waals surface area (Å²) in [6.07, 6.45) is -4.30. The lowest BCUT2D eigenvalue weighted by Gasteiger charge is -2.30. The molecule has 0 fully saturated rings. The summed E-state index contributed by atoms with van der Waals surface area (Å²) < 4.78 is 5.52. The molecule has 0 amide bonds. The summed E-state index contributed by atoms with van der Waals surface area (Å²) in [7, 11) is 0. The molecule has 30 heavy (non-hydrogen) atoms. The van der Waals surface area contributed by atoms with Crippen LogP contribution in [0.4, 0.5) is 0 Å². The van der Waals surface area contributed by atoms with Crippen molar-refractivity contribution in [2.24, 2.45) is 10.4 Å². The summed E-state index contributed by atoms with van der Waals surface area (Å²) in [5.41, 5.74) is 1.52. The summed E-state index contributed by atoms with van der Waals surface area (Å²) in [4.78, 5) is 28.2. The molecule has 0 radical (unpaired) electrons. The van der Waals surface area contributed by atoms with Crippen LogP contribution in [0.2, 0.25) is 0 Å². The highest BCUT2D eigenvalue weighted by Crippen LogP contribution is 2.22. The van der Waals surface area contributed by atoms with Crippen molar-refractivity contribution in [1.29, 1.82) is 0 Å². The van der Waals surface area contributed by atoms with Gasteiger partial charge in [-0.05, 0) is 27.7 Å². The Bertz CT molecular complexity index is 817. The molecule has 0 aliphatic rings. The van der Waals surface area contributed by atoms with Crippen molar-refractivity contribution >= 4 is 18.0 Å². The topological polar surface area (TPSA) is 96.2 Å². The van der Waals surface area contributed by atoms with E-state index in [0.29, 0.717) is 5.71 Å². The van der Waals surface area contributed by atoms with Crippen LogP contribution in [0.25, 0.3) is 0 Å². The summed E-state index contributed by atoms with van der Waals surface area (Å²) in [5.74, 6) is -0.562. The predicted molar refractivity (Wildman–Crippen MR) is 115 cm³/mol. The van der Waals surface area contributed by atoms with Crippen LogP contribution in [0.1, 0.15) is 38.8 Å². The zero-order valence-corrected chi connectivity index (χ0v) is 17.7. The molecule has 0 aliphatic carbocycles. The molecule has 0 spiro atoms. The van der Waals surface area contributed by atoms with Gasteiger partial charge in [-0.25, -0.2) is 0 Å². The number of aliphatic hydroxyl groups excluding tert-OH is 2. The molecule has 0 saturated heterocycles. The molecule has 2 aromatic rings. The molecule has 2 rings (SSSR count). The molecule has 6 nitrogen and oxygen atoms in total. The number of carbonyl (C=O) groups is 2. The minimum Gasteiger partial charge on any atom is -0.457 e. The van der Waals surface area contributed by atoms with Gasteiger partial charge in [0.05, 0.1) is 17.2 Å². The van der Waals surface area contributed by atoms with Gasteiger partial charge in [0.1, 0.15) is 12.2 Å². The monoisotopic (exact) mass is 411 g/mol. The number of carbonyl (C=O) groups excluding carboxylic acids is 2. The minimum absolute atomic E-state index is 0.217. The quantitative estimate of drug-likeness (QED) is 0.396. The number of hydrogen-bond donors (Lipinski definition) is 2. The second kappa shape index (κ2) is 10.3. The molecule has 2 N–H and O–H groups in total. The van der Waals surface area contributed by atoms with Gasteiger partial charge in [-0.3, -0.25) is 9.79 Å². The Balaban J connectivity index is 2.48. The smallest absolute Gasteiger partial charge is 0.311 e. The number of hydrogen-bond acceptors (Lipinski definition) is 6. The van der Waals surface area contributed by atoms with Gasteiger partial charge in [0.15, 0.2) is 12.4 Å². The molecule has 0 bridgehead atoms. The van der Waals surface area contributed by atoms with Crippen LogP contribution in [0, 0.1) is 5.41 Å². The third-order valence-electron chi connectivity index (χ3n) is 4.58. The fraction of sp³-hybridized carbons (Fsp3) is 0.375. The standard InChI is InChI=1S/C24H29NO5/c1-16(22(21(28)19(27)15-26)30-23(29)24(2,3)4)25-20(17-11-7-5-8-12-17)18-13-9-6-10-14-18/h5-16,19,21-22,27-28H,1-4H3/t16-,19+,21-,22+/m0/s1. The van der Waals surface area contributed by atoms with E-state index in [-0.39, 0.29) is 6.29 Å². The van der Waals surface area contributed by atoms with Gasteiger partial charge >= 0.3 is 5.97 Å². The van der Waals surface area contributed by atoms with Gasteiger partial charge in [-0.15, -0.1) is 0 Å². The molecule has 0 heterocycles. The molecule has 6 heteroatoms. The van der Waals surface area contributed by atoms with Crippen LogP contribution in [-0.2, 0) is 14.3 Å². The number of aldehydes is 1. The average molecular weight is 411 g/mol. The number of esters is 1. The van der Waals surface area contributed by atoms with Crippen LogP contribution in [0.15, 0.2) is 65.7 Å². The minimum atomic E-state index is -1.70. The van der Waals surface area contributed by atoms with Crippen molar-refractivity contribution < 1.29 is 24.5 Å². The molecule has 2 aromatic carbocycles. The van der Waals surface area contributed by atoms with Crippen molar-refractivity contribution in [3.63, 3.8) is 0 Å². The lowest BCUT2D eigenvalue weighted by Crippen LogP contribution is -2.47. The van der Waals surface area contributed by atoms with Crippen molar-refractivity contribution in [3.8, 4) is 0 Å². The molecule has 0 aromatic heterocycles. The van der Waals surface area contributed by atoms with Gasteiger partial charge in [-0.1, -0.05) is 60.7 Å². The Hall–Kier alpha value is -2.83. The van der Waals surface area contributed by atoms with Crippen molar-refractivity contribution in [1.82, 2.24) is 0 Å². The highest BCUT2D eigenvalue weighted by atomic mass is 16.6. The van der Waals surface area contributed by atoms with Crippen LogP contribution in [-0.4, -0.2) is 52.5 Å². The summed E-state index contributed by atoms with van der Waals surface area (Å²) in [6.45, 7) is 6.72. The Kier molecular flexibility index (Phi) is 8.03. The zero-order chi connectivity index (χ0) is 22.3. The first-order chi connectivity index (χ1) is 14.1. The summed E-state index contributed by atoms with van der Waals surface area (Å²) in [6, 6.07) is 18.2. The predicted octanol–water partition coefficient (Wildman–Crippen LogP) is 2.79. The number of rotatable bonds is 8. The van der Waals surface area contributed by atoms with Gasteiger partial charge < -0.3 is 19.7 Å². The van der Waals surface area contributed by atoms with Crippen molar-refractivity contribution in [2.75, 3.05) is 0 Å². The number of benzene rings is 2. The first-order valence-corrected chi connectivity index (χ1v) is 9.86. The maximum absolute atomic E-state index is 12.5. The Morgan fingerprint density at radius 3 is 1.83 bits per heavy atom. The van der Waals surface area contributed by atoms with E-state index in [9.17, 15) is 19.8 Å². The number of aliphatic hydroxyl groups is 2. The third kappa shape index (κ3) is 6.08. The molecular formula is C24H29NO5. The van der Waals surface area contributed by atoms with Crippen LogP contribution in [0.3, 0.4) is 0 Å². The fourth-order valence-electron chi connectivity index (χ4n) is 2.81. The highest BCUT2D eigenvalue weighted by Gasteiger charge is 2.37.